The Balaban J connectivity index is 1.79. The highest BCUT2D eigenvalue weighted by molar-refractivity contribution is 7.13. The van der Waals surface area contributed by atoms with Gasteiger partial charge < -0.3 is 10.6 Å². The Morgan fingerprint density at radius 2 is 1.92 bits per heavy atom. The second kappa shape index (κ2) is 8.10. The Morgan fingerprint density at radius 1 is 1.12 bits per heavy atom. The summed E-state index contributed by atoms with van der Waals surface area (Å²) >= 11 is 1.30. The second-order valence-electron chi connectivity index (χ2n) is 6.12. The normalized spacial score (nSPS) is 10.7. The van der Waals surface area contributed by atoms with Gasteiger partial charge in [0, 0.05) is 23.2 Å². The first-order valence-electron chi connectivity index (χ1n) is 8.64. The highest BCUT2D eigenvalue weighted by Gasteiger charge is 2.16. The molecule has 0 atom stereocenters. The minimum atomic E-state index is -0.269. The number of hydrogen-bond acceptors (Lipinski definition) is 4. The molecule has 0 spiro atoms. The largest absolute Gasteiger partial charge is 0.352 e. The van der Waals surface area contributed by atoms with Crippen LogP contribution in [-0.4, -0.2) is 22.7 Å². The summed E-state index contributed by atoms with van der Waals surface area (Å²) in [5.74, 6) is -0.401. The lowest BCUT2D eigenvalue weighted by Gasteiger charge is -2.10. The van der Waals surface area contributed by atoms with Crippen LogP contribution in [0.15, 0.2) is 42.5 Å². The van der Waals surface area contributed by atoms with E-state index in [9.17, 15) is 9.59 Å². The SMILES string of the molecule is CCCCNC(=O)c1ccc(C)c(NC(=O)c2nsc3ccccc23)c1. The summed E-state index contributed by atoms with van der Waals surface area (Å²) in [4.78, 5) is 24.9. The van der Waals surface area contributed by atoms with Crippen molar-refractivity contribution in [3.05, 3.63) is 59.3 Å². The van der Waals surface area contributed by atoms with Crippen LogP contribution >= 0.6 is 11.5 Å². The first kappa shape index (κ1) is 18.1. The molecular formula is C20H21N3O2S. The number of aryl methyl sites for hydroxylation is 1. The van der Waals surface area contributed by atoms with Gasteiger partial charge in [-0.25, -0.2) is 0 Å². The average Bonchev–Trinajstić information content (AvgIpc) is 3.08. The zero-order chi connectivity index (χ0) is 18.5. The summed E-state index contributed by atoms with van der Waals surface area (Å²) in [6.07, 6.45) is 1.97. The van der Waals surface area contributed by atoms with E-state index in [1.165, 1.54) is 11.5 Å². The van der Waals surface area contributed by atoms with Crippen molar-refractivity contribution in [1.82, 2.24) is 9.69 Å². The van der Waals surface area contributed by atoms with Gasteiger partial charge in [0.05, 0.1) is 4.70 Å². The van der Waals surface area contributed by atoms with E-state index in [2.05, 4.69) is 21.9 Å². The van der Waals surface area contributed by atoms with Crippen LogP contribution < -0.4 is 10.6 Å². The molecule has 3 aromatic rings. The number of aromatic nitrogens is 1. The molecule has 2 N–H and O–H groups in total. The minimum absolute atomic E-state index is 0.131. The topological polar surface area (TPSA) is 71.1 Å². The van der Waals surface area contributed by atoms with Gasteiger partial charge >= 0.3 is 0 Å². The molecule has 3 rings (SSSR count). The van der Waals surface area contributed by atoms with Crippen LogP contribution in [0.2, 0.25) is 0 Å². The number of benzene rings is 2. The minimum Gasteiger partial charge on any atom is -0.352 e. The van der Waals surface area contributed by atoms with Gasteiger partial charge in [-0.3, -0.25) is 9.59 Å². The van der Waals surface area contributed by atoms with Crippen LogP contribution in [0.3, 0.4) is 0 Å². The molecular weight excluding hydrogens is 346 g/mol. The fraction of sp³-hybridized carbons (Fsp3) is 0.250. The molecule has 0 aliphatic carbocycles. The van der Waals surface area contributed by atoms with Crippen LogP contribution in [-0.2, 0) is 0 Å². The molecule has 0 fully saturated rings. The molecule has 2 aromatic carbocycles. The van der Waals surface area contributed by atoms with E-state index >= 15 is 0 Å². The smallest absolute Gasteiger partial charge is 0.276 e. The lowest BCUT2D eigenvalue weighted by molar-refractivity contribution is 0.0951. The van der Waals surface area contributed by atoms with E-state index in [1.807, 2.05) is 37.3 Å². The lowest BCUT2D eigenvalue weighted by Crippen LogP contribution is -2.24. The van der Waals surface area contributed by atoms with Gasteiger partial charge in [-0.05, 0) is 48.6 Å². The van der Waals surface area contributed by atoms with Crippen LogP contribution in [0.4, 0.5) is 5.69 Å². The number of nitrogens with one attached hydrogen (secondary N) is 2. The van der Waals surface area contributed by atoms with Gasteiger partial charge in [-0.15, -0.1) is 0 Å². The third-order valence-electron chi connectivity index (χ3n) is 4.16. The molecule has 134 valence electrons. The standard InChI is InChI=1S/C20H21N3O2S/c1-3-4-11-21-19(24)14-10-9-13(2)16(12-14)22-20(25)18-15-7-5-6-8-17(15)26-23-18/h5-10,12H,3-4,11H2,1-2H3,(H,21,24)(H,22,25). The number of amides is 2. The molecule has 26 heavy (non-hydrogen) atoms. The Bertz CT molecular complexity index is 949. The van der Waals surface area contributed by atoms with Crippen molar-refractivity contribution in [3.8, 4) is 0 Å². The Morgan fingerprint density at radius 3 is 2.73 bits per heavy atom. The van der Waals surface area contributed by atoms with Gasteiger partial charge in [0.25, 0.3) is 11.8 Å². The number of fused-ring (bicyclic) bond motifs is 1. The Hall–Kier alpha value is -2.73. The number of unbranched alkanes of at least 4 members (excludes halogenated alkanes) is 1. The van der Waals surface area contributed by atoms with Crippen molar-refractivity contribution in [3.63, 3.8) is 0 Å². The van der Waals surface area contributed by atoms with E-state index in [0.717, 1.165) is 28.5 Å². The number of anilines is 1. The number of nitrogens with zero attached hydrogens (tertiary/aromatic N) is 1. The third kappa shape index (κ3) is 3.91. The zero-order valence-corrected chi connectivity index (χ0v) is 15.7. The first-order chi connectivity index (χ1) is 12.6. The van der Waals surface area contributed by atoms with Crippen LogP contribution in [0, 0.1) is 6.92 Å². The van der Waals surface area contributed by atoms with E-state index in [1.54, 1.807) is 12.1 Å². The highest BCUT2D eigenvalue weighted by atomic mass is 32.1. The molecule has 6 heteroatoms. The summed E-state index contributed by atoms with van der Waals surface area (Å²) in [5, 5.41) is 6.62. The fourth-order valence-electron chi connectivity index (χ4n) is 2.61. The van der Waals surface area contributed by atoms with Crippen molar-refractivity contribution >= 4 is 39.1 Å². The van der Waals surface area contributed by atoms with Crippen molar-refractivity contribution in [2.75, 3.05) is 11.9 Å². The summed E-state index contributed by atoms with van der Waals surface area (Å²) in [7, 11) is 0. The second-order valence-corrected chi connectivity index (χ2v) is 6.93. The predicted molar refractivity (Wildman–Crippen MR) is 106 cm³/mol. The maximum Gasteiger partial charge on any atom is 0.276 e. The molecule has 0 bridgehead atoms. The van der Waals surface area contributed by atoms with Crippen molar-refractivity contribution in [2.45, 2.75) is 26.7 Å². The number of rotatable bonds is 6. The van der Waals surface area contributed by atoms with Gasteiger partial charge in [0.2, 0.25) is 0 Å². The van der Waals surface area contributed by atoms with Crippen molar-refractivity contribution in [1.29, 1.82) is 0 Å². The van der Waals surface area contributed by atoms with Crippen LogP contribution in [0.25, 0.3) is 10.1 Å². The Kier molecular flexibility index (Phi) is 5.63. The quantitative estimate of drug-likeness (QED) is 0.635. The highest BCUT2D eigenvalue weighted by Crippen LogP contribution is 2.24. The molecule has 1 aromatic heterocycles. The fourth-order valence-corrected chi connectivity index (χ4v) is 3.38. The molecule has 0 unspecified atom stereocenters. The molecule has 2 amide bonds. The molecule has 0 aliphatic heterocycles. The predicted octanol–water partition coefficient (Wildman–Crippen LogP) is 4.39. The summed E-state index contributed by atoms with van der Waals surface area (Å²) in [5.41, 5.74) is 2.45. The number of carbonyl (C=O) groups excluding carboxylic acids is 2. The van der Waals surface area contributed by atoms with Crippen LogP contribution in [0.5, 0.6) is 0 Å². The molecule has 0 radical (unpaired) electrons. The van der Waals surface area contributed by atoms with Crippen molar-refractivity contribution < 1.29 is 9.59 Å². The number of carbonyl (C=O) groups is 2. The van der Waals surface area contributed by atoms with Crippen molar-refractivity contribution in [2.24, 2.45) is 0 Å². The summed E-state index contributed by atoms with van der Waals surface area (Å²) < 4.78 is 5.25. The lowest BCUT2D eigenvalue weighted by atomic mass is 10.1. The van der Waals surface area contributed by atoms with Gasteiger partial charge in [-0.2, -0.15) is 4.37 Å². The maximum atomic E-state index is 12.7. The average molecular weight is 367 g/mol. The van der Waals surface area contributed by atoms with E-state index in [4.69, 9.17) is 0 Å². The monoisotopic (exact) mass is 367 g/mol. The molecule has 0 aliphatic rings. The van der Waals surface area contributed by atoms with Gasteiger partial charge in [0.15, 0.2) is 0 Å². The maximum absolute atomic E-state index is 12.7. The first-order valence-corrected chi connectivity index (χ1v) is 9.42. The zero-order valence-electron chi connectivity index (χ0n) is 14.8. The molecule has 5 nitrogen and oxygen atoms in total. The Labute approximate surface area is 156 Å². The van der Waals surface area contributed by atoms with Gasteiger partial charge in [0.1, 0.15) is 5.69 Å². The third-order valence-corrected chi connectivity index (χ3v) is 4.98. The van der Waals surface area contributed by atoms with E-state index in [-0.39, 0.29) is 11.8 Å². The number of hydrogen-bond donors (Lipinski definition) is 2. The van der Waals surface area contributed by atoms with Gasteiger partial charge in [-0.1, -0.05) is 37.6 Å². The molecule has 0 saturated heterocycles. The van der Waals surface area contributed by atoms with Crippen LogP contribution in [0.1, 0.15) is 46.2 Å². The molecule has 1 heterocycles. The van der Waals surface area contributed by atoms with E-state index in [0.29, 0.717) is 23.5 Å². The van der Waals surface area contributed by atoms with E-state index < -0.39 is 0 Å². The molecule has 0 saturated carbocycles. The summed E-state index contributed by atoms with van der Waals surface area (Å²) in [6, 6.07) is 13.0. The summed E-state index contributed by atoms with van der Waals surface area (Å²) in [6.45, 7) is 4.62.